The Morgan fingerprint density at radius 1 is 1.19 bits per heavy atom. The van der Waals surface area contributed by atoms with E-state index in [9.17, 15) is 4.79 Å². The van der Waals surface area contributed by atoms with Gasteiger partial charge in [0.05, 0.1) is 6.20 Å². The number of hydrogen-bond donors (Lipinski definition) is 3. The lowest BCUT2D eigenvalue weighted by Crippen LogP contribution is -2.44. The van der Waals surface area contributed by atoms with E-state index >= 15 is 0 Å². The van der Waals surface area contributed by atoms with Crippen molar-refractivity contribution in [3.8, 4) is 0 Å². The van der Waals surface area contributed by atoms with E-state index in [-0.39, 0.29) is 11.8 Å². The fraction of sp³-hybridized carbons (Fsp3) is 0.423. The summed E-state index contributed by atoms with van der Waals surface area (Å²) in [5.74, 6) is 2.99. The molecule has 1 aromatic carbocycles. The van der Waals surface area contributed by atoms with Crippen molar-refractivity contribution in [1.29, 1.82) is 0 Å². The smallest absolute Gasteiger partial charge is 0.285 e. The molecular formula is C26H33N9OS+. The fourth-order valence-corrected chi connectivity index (χ4v) is 5.44. The minimum Gasteiger partial charge on any atom is -0.326 e. The van der Waals surface area contributed by atoms with Crippen molar-refractivity contribution in [1.82, 2.24) is 29.2 Å². The number of piperazine rings is 1. The average Bonchev–Trinajstić information content (AvgIpc) is 3.54. The van der Waals surface area contributed by atoms with Crippen LogP contribution in [0.3, 0.4) is 0 Å². The first kappa shape index (κ1) is 24.2. The van der Waals surface area contributed by atoms with Gasteiger partial charge in [0.2, 0.25) is 5.91 Å². The number of aryl methyl sites for hydroxylation is 1. The van der Waals surface area contributed by atoms with Crippen LogP contribution in [0.25, 0.3) is 0 Å². The molecule has 4 heterocycles. The summed E-state index contributed by atoms with van der Waals surface area (Å²) in [6.07, 6.45) is 6.25. The van der Waals surface area contributed by atoms with Crippen LogP contribution in [0.2, 0.25) is 0 Å². The summed E-state index contributed by atoms with van der Waals surface area (Å²) in [7, 11) is 2.18. The van der Waals surface area contributed by atoms with Gasteiger partial charge >= 0.3 is 0 Å². The largest absolute Gasteiger partial charge is 0.326 e. The van der Waals surface area contributed by atoms with Crippen LogP contribution in [0, 0.1) is 12.8 Å². The van der Waals surface area contributed by atoms with Crippen LogP contribution < -0.4 is 15.5 Å². The molecule has 1 radical (unpaired) electrons. The van der Waals surface area contributed by atoms with Crippen LogP contribution in [0.15, 0.2) is 64.1 Å². The predicted octanol–water partition coefficient (Wildman–Crippen LogP) is 2.94. The number of hydrogen-bond acceptors (Lipinski definition) is 9. The number of anilines is 2. The molecule has 0 bridgehead atoms. The Hall–Kier alpha value is -3.12. The number of rotatable bonds is 8. The van der Waals surface area contributed by atoms with Crippen molar-refractivity contribution in [3.63, 3.8) is 0 Å². The molecule has 1 aliphatic carbocycles. The molecule has 6 rings (SSSR count). The topological polar surface area (TPSA) is 97.8 Å². The molecule has 0 spiro atoms. The number of nitrogens with one attached hydrogen (secondary N) is 3. The third kappa shape index (κ3) is 5.90. The van der Waals surface area contributed by atoms with Gasteiger partial charge in [-0.05, 0) is 67.9 Å². The number of fused-ring (bicyclic) bond motifs is 1. The Labute approximate surface area is 221 Å². The van der Waals surface area contributed by atoms with Gasteiger partial charge in [0.25, 0.3) is 11.7 Å². The number of carbonyl (C=O) groups excluding carboxylic acids is 1. The Kier molecular flexibility index (Phi) is 6.76. The zero-order chi connectivity index (χ0) is 25.4. The number of carbonyl (C=O) groups is 1. The summed E-state index contributed by atoms with van der Waals surface area (Å²) in [5, 5.41) is 13.8. The number of aromatic nitrogens is 2. The molecule has 1 saturated carbocycles. The quantitative estimate of drug-likeness (QED) is 0.364. The third-order valence-electron chi connectivity index (χ3n) is 6.89. The maximum absolute atomic E-state index is 12.1. The van der Waals surface area contributed by atoms with Gasteiger partial charge in [0.1, 0.15) is 12.2 Å². The van der Waals surface area contributed by atoms with E-state index in [1.807, 2.05) is 37.3 Å². The Morgan fingerprint density at radius 2 is 1.97 bits per heavy atom. The van der Waals surface area contributed by atoms with Crippen LogP contribution in [0.4, 0.5) is 11.5 Å². The molecule has 193 valence electrons. The average molecular weight is 520 g/mol. The second-order valence-corrected chi connectivity index (χ2v) is 11.3. The number of likely N-dealkylation sites (N-methyl/N-ethyl adjacent to an activating group) is 1. The van der Waals surface area contributed by atoms with E-state index in [0.29, 0.717) is 6.54 Å². The van der Waals surface area contributed by atoms with E-state index in [1.165, 1.54) is 0 Å². The van der Waals surface area contributed by atoms with Gasteiger partial charge in [-0.1, -0.05) is 0 Å². The standard InChI is InChI=1S/C26H33N9OS/c1-18-13-23(31-30-18)29-25-17-34(37-22-7-5-20(6-8-22)28-26(36)19-3-4-19)16-24-27-21(15-35(24)25)14-33-11-9-32(2)10-12-33/h5-8,13,15,17,19H,3-4,9-12,14,16H2,1-2H3,(H,28,36)(H2,29,30,31)/q+1. The van der Waals surface area contributed by atoms with Crippen molar-refractivity contribution < 1.29 is 4.79 Å². The minimum atomic E-state index is 0.128. The highest BCUT2D eigenvalue weighted by Gasteiger charge is 2.40. The van der Waals surface area contributed by atoms with E-state index in [1.54, 1.807) is 11.9 Å². The fourth-order valence-electron chi connectivity index (χ4n) is 4.58. The molecule has 11 heteroatoms. The van der Waals surface area contributed by atoms with Gasteiger partial charge in [0, 0.05) is 61.0 Å². The maximum atomic E-state index is 12.1. The Balaban J connectivity index is 1.16. The summed E-state index contributed by atoms with van der Waals surface area (Å²) in [5.41, 5.74) is 2.92. The van der Waals surface area contributed by atoms with Gasteiger partial charge in [-0.15, -0.1) is 0 Å². The Morgan fingerprint density at radius 3 is 2.68 bits per heavy atom. The Bertz CT molecular complexity index is 1240. The van der Waals surface area contributed by atoms with E-state index < -0.39 is 0 Å². The summed E-state index contributed by atoms with van der Waals surface area (Å²) in [6.45, 7) is 7.82. The molecule has 3 aliphatic heterocycles. The molecule has 1 aromatic heterocycles. The molecule has 10 nitrogen and oxygen atoms in total. The van der Waals surface area contributed by atoms with E-state index in [2.05, 4.69) is 59.3 Å². The molecule has 2 fully saturated rings. The van der Waals surface area contributed by atoms with Crippen molar-refractivity contribution in [3.05, 3.63) is 59.9 Å². The lowest BCUT2D eigenvalue weighted by molar-refractivity contribution is -0.117. The van der Waals surface area contributed by atoms with E-state index in [4.69, 9.17) is 4.99 Å². The summed E-state index contributed by atoms with van der Waals surface area (Å²) in [6, 6.07) is 10.0. The van der Waals surface area contributed by atoms with Crippen LogP contribution >= 0.6 is 11.9 Å². The first-order chi connectivity index (χ1) is 18.0. The van der Waals surface area contributed by atoms with Gasteiger partial charge < -0.3 is 10.2 Å². The monoisotopic (exact) mass is 519 g/mol. The number of amidine groups is 1. The lowest BCUT2D eigenvalue weighted by atomic mass is 10.3. The SMILES string of the molecule is Cc1cc(NC2=CN(Sc3ccc(NC(=O)C4CC4)cc3)CC3=NC(CN4CCN(C)CC4)=C[N+]23)n[nH]1. The van der Waals surface area contributed by atoms with Gasteiger partial charge in [-0.25, -0.2) is 0 Å². The zero-order valence-corrected chi connectivity index (χ0v) is 22.1. The van der Waals surface area contributed by atoms with Crippen LogP contribution in [0.1, 0.15) is 18.5 Å². The number of nitrogens with zero attached hydrogens (tertiary/aromatic N) is 6. The summed E-state index contributed by atoms with van der Waals surface area (Å²) in [4.78, 5) is 25.2. The predicted molar refractivity (Wildman–Crippen MR) is 147 cm³/mol. The number of aliphatic imine (C=N–C) groups is 1. The minimum absolute atomic E-state index is 0.128. The highest BCUT2D eigenvalue weighted by molar-refractivity contribution is 7.97. The molecule has 4 aliphatic rings. The van der Waals surface area contributed by atoms with Gasteiger partial charge in [-0.2, -0.15) is 10.1 Å². The van der Waals surface area contributed by atoms with E-state index in [0.717, 1.165) is 85.0 Å². The van der Waals surface area contributed by atoms with Crippen molar-refractivity contribution in [2.45, 2.75) is 24.7 Å². The maximum Gasteiger partial charge on any atom is 0.285 e. The highest BCUT2D eigenvalue weighted by Crippen LogP contribution is 2.32. The lowest BCUT2D eigenvalue weighted by Gasteiger charge is -2.31. The second-order valence-electron chi connectivity index (χ2n) is 10.1. The number of amides is 1. The van der Waals surface area contributed by atoms with Crippen molar-refractivity contribution in [2.75, 3.05) is 56.9 Å². The molecule has 3 N–H and O–H groups in total. The molecule has 0 unspecified atom stereocenters. The first-order valence-corrected chi connectivity index (χ1v) is 13.6. The van der Waals surface area contributed by atoms with Crippen LogP contribution in [-0.4, -0.2) is 82.4 Å². The van der Waals surface area contributed by atoms with Gasteiger partial charge in [0.15, 0.2) is 12.0 Å². The normalized spacial score (nSPS) is 20.8. The number of benzene rings is 1. The number of H-pyrrole nitrogens is 1. The van der Waals surface area contributed by atoms with Crippen molar-refractivity contribution >= 4 is 35.2 Å². The highest BCUT2D eigenvalue weighted by atomic mass is 32.2. The summed E-state index contributed by atoms with van der Waals surface area (Å²) >= 11 is 1.65. The van der Waals surface area contributed by atoms with Crippen molar-refractivity contribution in [2.24, 2.45) is 10.9 Å². The third-order valence-corrected chi connectivity index (χ3v) is 7.84. The molecule has 37 heavy (non-hydrogen) atoms. The van der Waals surface area contributed by atoms with Crippen LogP contribution in [-0.2, 0) is 4.79 Å². The molecule has 2 aromatic rings. The molecule has 1 saturated heterocycles. The number of aromatic amines is 1. The molecule has 0 atom stereocenters. The zero-order valence-electron chi connectivity index (χ0n) is 21.3. The first-order valence-electron chi connectivity index (χ1n) is 12.8. The molecule has 1 amide bonds. The molecular weight excluding hydrogens is 486 g/mol. The second kappa shape index (κ2) is 10.3. The van der Waals surface area contributed by atoms with Gasteiger partial charge in [-0.3, -0.25) is 24.4 Å². The summed E-state index contributed by atoms with van der Waals surface area (Å²) < 4.78 is 2.18. The van der Waals surface area contributed by atoms with Crippen LogP contribution in [0.5, 0.6) is 0 Å².